The summed E-state index contributed by atoms with van der Waals surface area (Å²) in [6.07, 6.45) is 5.04. The molecule has 0 saturated carbocycles. The number of hydrogen-bond donors (Lipinski definition) is 0. The molecule has 0 unspecified atom stereocenters. The van der Waals surface area contributed by atoms with Gasteiger partial charge in [-0.2, -0.15) is 0 Å². The highest BCUT2D eigenvalue weighted by atomic mass is 28.4. The number of rotatable bonds is 4. The summed E-state index contributed by atoms with van der Waals surface area (Å²) in [5.41, 5.74) is 0. The van der Waals surface area contributed by atoms with Crippen LogP contribution in [-0.2, 0) is 8.85 Å². The second-order valence-corrected chi connectivity index (χ2v) is 5.99. The zero-order valence-electron chi connectivity index (χ0n) is 7.31. The van der Waals surface area contributed by atoms with E-state index in [1.54, 1.807) is 6.92 Å². The molecule has 0 N–H and O–H groups in total. The van der Waals surface area contributed by atoms with Gasteiger partial charge in [-0.3, -0.25) is 0 Å². The van der Waals surface area contributed by atoms with E-state index in [-0.39, 0.29) is 0 Å². The van der Waals surface area contributed by atoms with E-state index in [1.807, 2.05) is 13.1 Å². The molecule has 0 aliphatic carbocycles. The fourth-order valence-corrected chi connectivity index (χ4v) is 1.99. The molecule has 0 aliphatic rings. The standard InChI is InChI=1S/C8H14O2Si/c1-6-7-9-11(4,5)10-8(2)3/h1H,2,7H2,3-5H3. The smallest absolute Gasteiger partial charge is 0.392 e. The van der Waals surface area contributed by atoms with Crippen LogP contribution in [0.15, 0.2) is 12.3 Å². The zero-order valence-corrected chi connectivity index (χ0v) is 8.31. The molecule has 62 valence electrons. The molecule has 0 aliphatic heterocycles. The molecule has 0 amide bonds. The molecule has 3 heteroatoms. The first-order valence-electron chi connectivity index (χ1n) is 3.40. The van der Waals surface area contributed by atoms with Crippen LogP contribution < -0.4 is 0 Å². The predicted molar refractivity (Wildman–Crippen MR) is 48.2 cm³/mol. The minimum Gasteiger partial charge on any atom is -0.525 e. The minimum atomic E-state index is -2.03. The molecule has 0 bridgehead atoms. The summed E-state index contributed by atoms with van der Waals surface area (Å²) in [6.45, 7) is 9.60. The average Bonchev–Trinajstić information content (AvgIpc) is 1.81. The molecule has 0 aromatic rings. The summed E-state index contributed by atoms with van der Waals surface area (Å²) >= 11 is 0. The van der Waals surface area contributed by atoms with Gasteiger partial charge in [-0.05, 0) is 20.0 Å². The molecule has 0 fully saturated rings. The molecule has 0 atom stereocenters. The molecule has 0 aromatic carbocycles. The van der Waals surface area contributed by atoms with E-state index >= 15 is 0 Å². The Morgan fingerprint density at radius 2 is 2.18 bits per heavy atom. The Balaban J connectivity index is 3.81. The molecule has 0 rings (SSSR count). The van der Waals surface area contributed by atoms with Crippen molar-refractivity contribution in [1.29, 1.82) is 0 Å². The molecule has 0 spiro atoms. The topological polar surface area (TPSA) is 18.5 Å². The van der Waals surface area contributed by atoms with Crippen molar-refractivity contribution in [3.63, 3.8) is 0 Å². The van der Waals surface area contributed by atoms with Crippen molar-refractivity contribution < 1.29 is 8.85 Å². The van der Waals surface area contributed by atoms with Gasteiger partial charge in [0.25, 0.3) is 0 Å². The van der Waals surface area contributed by atoms with E-state index in [2.05, 4.69) is 12.5 Å². The van der Waals surface area contributed by atoms with E-state index < -0.39 is 8.56 Å². The number of terminal acetylenes is 1. The molecular formula is C8H14O2Si. The predicted octanol–water partition coefficient (Wildman–Crippen LogP) is 1.89. The first-order valence-corrected chi connectivity index (χ1v) is 6.21. The van der Waals surface area contributed by atoms with E-state index in [0.717, 1.165) is 0 Å². The van der Waals surface area contributed by atoms with Gasteiger partial charge in [-0.25, -0.2) is 0 Å². The van der Waals surface area contributed by atoms with E-state index in [4.69, 9.17) is 15.3 Å². The van der Waals surface area contributed by atoms with Gasteiger partial charge in [0.05, 0.1) is 12.4 Å². The van der Waals surface area contributed by atoms with Gasteiger partial charge in [-0.15, -0.1) is 6.42 Å². The molecule has 0 heterocycles. The minimum absolute atomic E-state index is 0.312. The third-order valence-electron chi connectivity index (χ3n) is 0.923. The summed E-state index contributed by atoms with van der Waals surface area (Å²) in [6, 6.07) is 0. The SMILES string of the molecule is C#CCO[Si](C)(C)OC(=C)C. The first kappa shape index (κ1) is 10.3. The van der Waals surface area contributed by atoms with Crippen LogP contribution in [0, 0.1) is 12.3 Å². The summed E-state index contributed by atoms with van der Waals surface area (Å²) in [7, 11) is -2.03. The van der Waals surface area contributed by atoms with Crippen molar-refractivity contribution >= 4 is 8.56 Å². The lowest BCUT2D eigenvalue weighted by Crippen LogP contribution is -2.34. The highest BCUT2D eigenvalue weighted by Gasteiger charge is 2.25. The summed E-state index contributed by atoms with van der Waals surface area (Å²) in [4.78, 5) is 0. The number of hydrogen-bond acceptors (Lipinski definition) is 2. The van der Waals surface area contributed by atoms with Gasteiger partial charge in [0.15, 0.2) is 0 Å². The van der Waals surface area contributed by atoms with Gasteiger partial charge >= 0.3 is 8.56 Å². The summed E-state index contributed by atoms with van der Waals surface area (Å²) < 4.78 is 10.7. The van der Waals surface area contributed by atoms with E-state index in [9.17, 15) is 0 Å². The van der Waals surface area contributed by atoms with Gasteiger partial charge in [0.2, 0.25) is 0 Å². The highest BCUT2D eigenvalue weighted by Crippen LogP contribution is 2.09. The van der Waals surface area contributed by atoms with Crippen LogP contribution in [0.25, 0.3) is 0 Å². The van der Waals surface area contributed by atoms with E-state index in [1.165, 1.54) is 0 Å². The Kier molecular flexibility index (Phi) is 3.94. The Morgan fingerprint density at radius 1 is 1.64 bits per heavy atom. The van der Waals surface area contributed by atoms with Gasteiger partial charge < -0.3 is 8.85 Å². The van der Waals surface area contributed by atoms with Crippen LogP contribution in [0.4, 0.5) is 0 Å². The van der Waals surface area contributed by atoms with Crippen LogP contribution in [0.2, 0.25) is 13.1 Å². The first-order chi connectivity index (χ1) is 4.98. The van der Waals surface area contributed by atoms with Crippen molar-refractivity contribution in [3.8, 4) is 12.3 Å². The van der Waals surface area contributed by atoms with Crippen molar-refractivity contribution in [2.24, 2.45) is 0 Å². The van der Waals surface area contributed by atoms with Gasteiger partial charge in [0, 0.05) is 0 Å². The summed E-state index contributed by atoms with van der Waals surface area (Å²) in [5, 5.41) is 0. The van der Waals surface area contributed by atoms with Gasteiger partial charge in [-0.1, -0.05) is 12.5 Å². The fourth-order valence-electron chi connectivity index (χ4n) is 0.665. The summed E-state index contributed by atoms with van der Waals surface area (Å²) in [5.74, 6) is 3.08. The highest BCUT2D eigenvalue weighted by molar-refractivity contribution is 6.64. The third-order valence-corrected chi connectivity index (χ3v) is 2.60. The van der Waals surface area contributed by atoms with Crippen LogP contribution in [0.1, 0.15) is 6.92 Å². The largest absolute Gasteiger partial charge is 0.525 e. The van der Waals surface area contributed by atoms with Crippen LogP contribution in [0.5, 0.6) is 0 Å². The van der Waals surface area contributed by atoms with Crippen molar-refractivity contribution in [1.82, 2.24) is 0 Å². The normalized spacial score (nSPS) is 10.4. The lowest BCUT2D eigenvalue weighted by molar-refractivity contribution is 0.245. The second-order valence-electron chi connectivity index (χ2n) is 2.70. The maximum absolute atomic E-state index is 5.37. The molecule has 11 heavy (non-hydrogen) atoms. The zero-order chi connectivity index (χ0) is 8.91. The molecular weight excluding hydrogens is 156 g/mol. The maximum atomic E-state index is 5.37. The lowest BCUT2D eigenvalue weighted by Gasteiger charge is -2.22. The van der Waals surface area contributed by atoms with Crippen LogP contribution in [0.3, 0.4) is 0 Å². The Bertz CT molecular complexity index is 179. The second kappa shape index (κ2) is 4.22. The molecule has 0 aromatic heterocycles. The van der Waals surface area contributed by atoms with Crippen LogP contribution >= 0.6 is 0 Å². The van der Waals surface area contributed by atoms with Crippen molar-refractivity contribution in [2.75, 3.05) is 6.61 Å². The molecule has 2 nitrogen and oxygen atoms in total. The van der Waals surface area contributed by atoms with Gasteiger partial charge in [0.1, 0.15) is 0 Å². The molecule has 0 radical (unpaired) electrons. The Labute approximate surface area is 69.5 Å². The average molecular weight is 170 g/mol. The number of allylic oxidation sites excluding steroid dienone is 1. The third kappa shape index (κ3) is 5.71. The monoisotopic (exact) mass is 170 g/mol. The fraction of sp³-hybridized carbons (Fsp3) is 0.500. The van der Waals surface area contributed by atoms with Crippen molar-refractivity contribution in [2.45, 2.75) is 20.0 Å². The Morgan fingerprint density at radius 3 is 2.55 bits per heavy atom. The lowest BCUT2D eigenvalue weighted by atomic mass is 10.7. The van der Waals surface area contributed by atoms with Crippen LogP contribution in [-0.4, -0.2) is 15.2 Å². The Hall–Kier alpha value is -0.723. The molecule has 0 saturated heterocycles. The van der Waals surface area contributed by atoms with E-state index in [0.29, 0.717) is 12.4 Å². The maximum Gasteiger partial charge on any atom is 0.392 e. The van der Waals surface area contributed by atoms with Crippen molar-refractivity contribution in [3.05, 3.63) is 12.3 Å². The quantitative estimate of drug-likeness (QED) is 0.364.